The van der Waals surface area contributed by atoms with Crippen LogP contribution in [0.1, 0.15) is 44.8 Å². The Morgan fingerprint density at radius 2 is 1.76 bits per heavy atom. The molecule has 7 nitrogen and oxygen atoms in total. The molecule has 1 atom stereocenters. The van der Waals surface area contributed by atoms with Crippen molar-refractivity contribution in [3.63, 3.8) is 0 Å². The number of nitriles is 1. The minimum Gasteiger partial charge on any atom is -0.331 e. The SMILES string of the molecule is CC(NC(=O)Nc1ccc2c(c1)C(=O)NC2=O)c1ccc(C#N)cc1. The summed E-state index contributed by atoms with van der Waals surface area (Å²) in [5.74, 6) is -0.916. The van der Waals surface area contributed by atoms with Gasteiger partial charge in [0.15, 0.2) is 0 Å². The van der Waals surface area contributed by atoms with E-state index in [1.807, 2.05) is 13.0 Å². The number of benzene rings is 2. The van der Waals surface area contributed by atoms with Gasteiger partial charge in [0.1, 0.15) is 0 Å². The van der Waals surface area contributed by atoms with Gasteiger partial charge in [-0.3, -0.25) is 14.9 Å². The topological polar surface area (TPSA) is 111 Å². The summed E-state index contributed by atoms with van der Waals surface area (Å²) in [7, 11) is 0. The lowest BCUT2D eigenvalue weighted by atomic mass is 10.1. The number of carbonyl (C=O) groups excluding carboxylic acids is 3. The van der Waals surface area contributed by atoms with E-state index in [9.17, 15) is 14.4 Å². The van der Waals surface area contributed by atoms with Crippen LogP contribution < -0.4 is 16.0 Å². The number of nitrogens with zero attached hydrogens (tertiary/aromatic N) is 1. The third-order valence-electron chi connectivity index (χ3n) is 3.88. The fourth-order valence-corrected chi connectivity index (χ4v) is 2.54. The molecule has 0 aliphatic carbocycles. The average Bonchev–Trinajstić information content (AvgIpc) is 2.88. The molecule has 3 N–H and O–H groups in total. The Morgan fingerprint density at radius 3 is 2.44 bits per heavy atom. The van der Waals surface area contributed by atoms with Gasteiger partial charge in [0.2, 0.25) is 0 Å². The number of nitrogens with one attached hydrogen (secondary N) is 3. The van der Waals surface area contributed by atoms with E-state index in [2.05, 4.69) is 16.0 Å². The number of urea groups is 1. The molecular formula is C18H14N4O3. The van der Waals surface area contributed by atoms with E-state index in [4.69, 9.17) is 5.26 Å². The average molecular weight is 334 g/mol. The first-order valence-electron chi connectivity index (χ1n) is 7.55. The van der Waals surface area contributed by atoms with E-state index in [0.29, 0.717) is 16.8 Å². The number of rotatable bonds is 3. The molecule has 0 saturated carbocycles. The lowest BCUT2D eigenvalue weighted by Gasteiger charge is -2.15. The molecule has 0 spiro atoms. The van der Waals surface area contributed by atoms with Gasteiger partial charge in [-0.25, -0.2) is 4.79 Å². The maximum atomic E-state index is 12.1. The predicted molar refractivity (Wildman–Crippen MR) is 90.0 cm³/mol. The van der Waals surface area contributed by atoms with Gasteiger partial charge < -0.3 is 10.6 Å². The number of fused-ring (bicyclic) bond motifs is 1. The number of amides is 4. The largest absolute Gasteiger partial charge is 0.331 e. The van der Waals surface area contributed by atoms with Crippen molar-refractivity contribution in [2.75, 3.05) is 5.32 Å². The maximum Gasteiger partial charge on any atom is 0.319 e. The van der Waals surface area contributed by atoms with Crippen molar-refractivity contribution >= 4 is 23.5 Å². The molecule has 0 radical (unpaired) electrons. The summed E-state index contributed by atoms with van der Waals surface area (Å²) in [5.41, 5.74) is 2.34. The zero-order valence-corrected chi connectivity index (χ0v) is 13.3. The van der Waals surface area contributed by atoms with Crippen molar-refractivity contribution in [3.8, 4) is 6.07 Å². The van der Waals surface area contributed by atoms with E-state index < -0.39 is 17.8 Å². The smallest absolute Gasteiger partial charge is 0.319 e. The van der Waals surface area contributed by atoms with Crippen molar-refractivity contribution in [2.24, 2.45) is 0 Å². The Morgan fingerprint density at radius 1 is 1.08 bits per heavy atom. The van der Waals surface area contributed by atoms with Crippen molar-refractivity contribution in [1.82, 2.24) is 10.6 Å². The van der Waals surface area contributed by atoms with Crippen LogP contribution in [0.15, 0.2) is 42.5 Å². The Labute approximate surface area is 143 Å². The lowest BCUT2D eigenvalue weighted by Crippen LogP contribution is -2.31. The number of imide groups is 1. The fourth-order valence-electron chi connectivity index (χ4n) is 2.54. The van der Waals surface area contributed by atoms with Gasteiger partial charge in [-0.1, -0.05) is 12.1 Å². The second-order valence-corrected chi connectivity index (χ2v) is 5.60. The van der Waals surface area contributed by atoms with Gasteiger partial charge in [-0.15, -0.1) is 0 Å². The Hall–Kier alpha value is -3.66. The highest BCUT2D eigenvalue weighted by atomic mass is 16.2. The van der Waals surface area contributed by atoms with E-state index in [-0.39, 0.29) is 11.6 Å². The normalized spacial score (nSPS) is 13.4. The summed E-state index contributed by atoms with van der Waals surface area (Å²) in [4.78, 5) is 35.3. The fraction of sp³-hybridized carbons (Fsp3) is 0.111. The number of hydrogen-bond acceptors (Lipinski definition) is 4. The molecule has 1 unspecified atom stereocenters. The molecule has 0 aromatic heterocycles. The van der Waals surface area contributed by atoms with Crippen molar-refractivity contribution in [3.05, 3.63) is 64.7 Å². The molecule has 0 fully saturated rings. The molecule has 124 valence electrons. The summed E-state index contributed by atoms with van der Waals surface area (Å²) < 4.78 is 0. The van der Waals surface area contributed by atoms with Gasteiger partial charge in [0.05, 0.1) is 28.8 Å². The molecule has 4 amide bonds. The van der Waals surface area contributed by atoms with E-state index in [1.165, 1.54) is 12.1 Å². The predicted octanol–water partition coefficient (Wildman–Crippen LogP) is 2.32. The van der Waals surface area contributed by atoms with Crippen LogP contribution in [0, 0.1) is 11.3 Å². The lowest BCUT2D eigenvalue weighted by molar-refractivity contribution is 0.0879. The highest BCUT2D eigenvalue weighted by Crippen LogP contribution is 2.20. The molecule has 0 saturated heterocycles. The number of hydrogen-bond donors (Lipinski definition) is 3. The summed E-state index contributed by atoms with van der Waals surface area (Å²) in [6, 6.07) is 12.7. The van der Waals surface area contributed by atoms with Crippen LogP contribution in [0.3, 0.4) is 0 Å². The van der Waals surface area contributed by atoms with Gasteiger partial charge in [-0.2, -0.15) is 5.26 Å². The highest BCUT2D eigenvalue weighted by Gasteiger charge is 2.26. The van der Waals surface area contributed by atoms with Crippen LogP contribution in [0.2, 0.25) is 0 Å². The second-order valence-electron chi connectivity index (χ2n) is 5.60. The molecule has 25 heavy (non-hydrogen) atoms. The molecule has 2 aromatic carbocycles. The Kier molecular flexibility index (Phi) is 4.18. The van der Waals surface area contributed by atoms with Crippen LogP contribution in [-0.2, 0) is 0 Å². The van der Waals surface area contributed by atoms with Crippen LogP contribution in [0.25, 0.3) is 0 Å². The first-order chi connectivity index (χ1) is 12.0. The molecule has 3 rings (SSSR count). The molecular weight excluding hydrogens is 320 g/mol. The second kappa shape index (κ2) is 6.45. The quantitative estimate of drug-likeness (QED) is 0.748. The minimum absolute atomic E-state index is 0.239. The zero-order chi connectivity index (χ0) is 18.0. The molecule has 7 heteroatoms. The molecule has 1 aliphatic heterocycles. The zero-order valence-electron chi connectivity index (χ0n) is 13.3. The Bertz CT molecular complexity index is 913. The molecule has 1 aliphatic rings. The van der Waals surface area contributed by atoms with Crippen LogP contribution in [0.5, 0.6) is 0 Å². The van der Waals surface area contributed by atoms with Crippen LogP contribution in [0.4, 0.5) is 10.5 Å². The summed E-state index contributed by atoms with van der Waals surface area (Å²) >= 11 is 0. The van der Waals surface area contributed by atoms with Gasteiger partial charge in [-0.05, 0) is 42.8 Å². The van der Waals surface area contributed by atoms with Gasteiger partial charge >= 0.3 is 6.03 Å². The van der Waals surface area contributed by atoms with Crippen molar-refractivity contribution in [1.29, 1.82) is 5.26 Å². The van der Waals surface area contributed by atoms with Crippen LogP contribution >= 0.6 is 0 Å². The van der Waals surface area contributed by atoms with Crippen molar-refractivity contribution in [2.45, 2.75) is 13.0 Å². The van der Waals surface area contributed by atoms with Crippen LogP contribution in [-0.4, -0.2) is 17.8 Å². The summed E-state index contributed by atoms with van der Waals surface area (Å²) in [6.45, 7) is 1.82. The number of carbonyl (C=O) groups is 3. The van der Waals surface area contributed by atoms with Gasteiger partial charge in [0.25, 0.3) is 11.8 Å². The molecule has 1 heterocycles. The minimum atomic E-state index is -0.477. The first-order valence-corrected chi connectivity index (χ1v) is 7.55. The molecule has 0 bridgehead atoms. The van der Waals surface area contributed by atoms with Crippen molar-refractivity contribution < 1.29 is 14.4 Å². The maximum absolute atomic E-state index is 12.1. The Balaban J connectivity index is 1.66. The van der Waals surface area contributed by atoms with E-state index in [1.54, 1.807) is 30.3 Å². The number of anilines is 1. The summed E-state index contributed by atoms with van der Waals surface area (Å²) in [5, 5.41) is 16.4. The highest BCUT2D eigenvalue weighted by molar-refractivity contribution is 6.22. The summed E-state index contributed by atoms with van der Waals surface area (Å²) in [6.07, 6.45) is 0. The van der Waals surface area contributed by atoms with Gasteiger partial charge in [0, 0.05) is 5.69 Å². The standard InChI is InChI=1S/C18H14N4O3/c1-10(12-4-2-11(9-19)3-5-12)20-18(25)21-13-6-7-14-15(8-13)17(24)22-16(14)23/h2-8,10H,1H3,(H2,20,21,25)(H,22,23,24). The third kappa shape index (κ3) is 3.33. The monoisotopic (exact) mass is 334 g/mol. The first kappa shape index (κ1) is 16.2. The third-order valence-corrected chi connectivity index (χ3v) is 3.88. The molecule has 2 aromatic rings. The van der Waals surface area contributed by atoms with E-state index in [0.717, 1.165) is 5.56 Å². The van der Waals surface area contributed by atoms with E-state index >= 15 is 0 Å².